The molecule has 0 aliphatic carbocycles. The first-order chi connectivity index (χ1) is 8.29. The summed E-state index contributed by atoms with van der Waals surface area (Å²) in [5.41, 5.74) is 2.08. The maximum Gasteiger partial charge on any atom is 0.192 e. The second-order valence-electron chi connectivity index (χ2n) is 6.31. The van der Waals surface area contributed by atoms with E-state index in [2.05, 4.69) is 49.9 Å². The first kappa shape index (κ1) is 13.3. The van der Waals surface area contributed by atoms with Gasteiger partial charge in [-0.3, -0.25) is 0 Å². The molecule has 0 atom stereocenters. The van der Waals surface area contributed by atoms with E-state index in [4.69, 9.17) is 4.43 Å². The summed E-state index contributed by atoms with van der Waals surface area (Å²) in [7, 11) is -1.67. The quantitative estimate of drug-likeness (QED) is 0.846. The van der Waals surface area contributed by atoms with E-state index in [9.17, 15) is 0 Å². The molecule has 0 fully saturated rings. The molecule has 2 rings (SSSR count). The maximum atomic E-state index is 6.19. The highest BCUT2D eigenvalue weighted by Gasteiger charge is 2.36. The molecule has 4 heteroatoms. The fraction of sp³-hybridized carbons (Fsp3) is 0.500. The number of H-pyrrole nitrogens is 1. The molecule has 0 aliphatic rings. The van der Waals surface area contributed by atoms with E-state index in [1.165, 1.54) is 0 Å². The van der Waals surface area contributed by atoms with Crippen molar-refractivity contribution in [1.82, 2.24) is 9.97 Å². The van der Waals surface area contributed by atoms with Crippen molar-refractivity contribution >= 4 is 19.4 Å². The molecule has 0 bridgehead atoms. The van der Waals surface area contributed by atoms with Crippen molar-refractivity contribution in [3.63, 3.8) is 0 Å². The van der Waals surface area contributed by atoms with Crippen molar-refractivity contribution in [3.8, 4) is 0 Å². The van der Waals surface area contributed by atoms with Crippen LogP contribution in [-0.4, -0.2) is 18.3 Å². The molecule has 0 saturated heterocycles. The van der Waals surface area contributed by atoms with Gasteiger partial charge in [-0.1, -0.05) is 20.8 Å². The number of pyridine rings is 1. The van der Waals surface area contributed by atoms with Crippen LogP contribution in [0.3, 0.4) is 0 Å². The third-order valence-corrected chi connectivity index (χ3v) is 8.34. The Morgan fingerprint density at radius 3 is 2.72 bits per heavy atom. The largest absolute Gasteiger partial charge is 0.413 e. The minimum Gasteiger partial charge on any atom is -0.413 e. The molecular weight excluding hydrogens is 240 g/mol. The lowest BCUT2D eigenvalue weighted by Crippen LogP contribution is -2.40. The van der Waals surface area contributed by atoms with Crippen molar-refractivity contribution in [1.29, 1.82) is 0 Å². The van der Waals surface area contributed by atoms with E-state index in [-0.39, 0.29) is 5.04 Å². The molecule has 0 saturated carbocycles. The lowest BCUT2D eigenvalue weighted by molar-refractivity contribution is 0.276. The van der Waals surface area contributed by atoms with Gasteiger partial charge >= 0.3 is 0 Å². The Morgan fingerprint density at radius 1 is 1.33 bits per heavy atom. The number of fused-ring (bicyclic) bond motifs is 1. The number of aromatic amines is 1. The molecule has 98 valence electrons. The van der Waals surface area contributed by atoms with E-state index in [0.29, 0.717) is 6.61 Å². The van der Waals surface area contributed by atoms with Crippen LogP contribution in [0, 0.1) is 0 Å². The second-order valence-corrected chi connectivity index (χ2v) is 11.1. The third-order valence-electron chi connectivity index (χ3n) is 3.86. The lowest BCUT2D eigenvalue weighted by atomic mass is 10.2. The van der Waals surface area contributed by atoms with E-state index in [0.717, 1.165) is 16.6 Å². The summed E-state index contributed by atoms with van der Waals surface area (Å²) in [6.45, 7) is 12.0. The molecular formula is C14H22N2OSi. The standard InChI is InChI=1S/C14H22N2OSi/c1-14(2,3)18(4,5)17-10-11-8-12-6-7-15-13(12)16-9-11/h6-9H,10H2,1-5H3,(H,15,16). The van der Waals surface area contributed by atoms with E-state index >= 15 is 0 Å². The van der Waals surface area contributed by atoms with Gasteiger partial charge in [0.25, 0.3) is 0 Å². The van der Waals surface area contributed by atoms with Crippen LogP contribution in [-0.2, 0) is 11.0 Å². The highest BCUT2D eigenvalue weighted by atomic mass is 28.4. The molecule has 0 radical (unpaired) electrons. The Kier molecular flexibility index (Phi) is 3.34. The van der Waals surface area contributed by atoms with Crippen molar-refractivity contribution in [2.45, 2.75) is 45.5 Å². The van der Waals surface area contributed by atoms with Gasteiger partial charge in [0.15, 0.2) is 8.32 Å². The normalized spacial score (nSPS) is 13.2. The Morgan fingerprint density at radius 2 is 2.06 bits per heavy atom. The predicted octanol–water partition coefficient (Wildman–Crippen LogP) is 4.08. The summed E-state index contributed by atoms with van der Waals surface area (Å²) in [4.78, 5) is 7.48. The summed E-state index contributed by atoms with van der Waals surface area (Å²) in [6.07, 6.45) is 3.81. The Bertz CT molecular complexity index is 540. The third kappa shape index (κ3) is 2.65. The fourth-order valence-electron chi connectivity index (χ4n) is 1.54. The number of nitrogens with one attached hydrogen (secondary N) is 1. The summed E-state index contributed by atoms with van der Waals surface area (Å²) >= 11 is 0. The maximum absolute atomic E-state index is 6.19. The van der Waals surface area contributed by atoms with Crippen LogP contribution in [0.1, 0.15) is 26.3 Å². The molecule has 0 amide bonds. The monoisotopic (exact) mass is 262 g/mol. The Hall–Kier alpha value is -1.13. The van der Waals surface area contributed by atoms with Crippen LogP contribution in [0.25, 0.3) is 11.0 Å². The molecule has 0 aromatic carbocycles. The molecule has 0 aliphatic heterocycles. The van der Waals surface area contributed by atoms with Gasteiger partial charge in [-0.25, -0.2) is 4.98 Å². The zero-order chi connectivity index (χ0) is 13.4. The lowest BCUT2D eigenvalue weighted by Gasteiger charge is -2.36. The predicted molar refractivity (Wildman–Crippen MR) is 78.1 cm³/mol. The Labute approximate surface area is 110 Å². The summed E-state index contributed by atoms with van der Waals surface area (Å²) in [5, 5.41) is 1.39. The van der Waals surface area contributed by atoms with Crippen LogP contribution >= 0.6 is 0 Å². The molecule has 0 spiro atoms. The number of aromatic nitrogens is 2. The second kappa shape index (κ2) is 4.52. The van der Waals surface area contributed by atoms with Gasteiger partial charge in [-0.05, 0) is 35.8 Å². The average molecular weight is 262 g/mol. The fourth-order valence-corrected chi connectivity index (χ4v) is 2.51. The van der Waals surface area contributed by atoms with Crippen LogP contribution in [0.2, 0.25) is 18.1 Å². The topological polar surface area (TPSA) is 37.9 Å². The number of hydrogen-bond donors (Lipinski definition) is 1. The summed E-state index contributed by atoms with van der Waals surface area (Å²) in [6, 6.07) is 4.18. The average Bonchev–Trinajstić information content (AvgIpc) is 2.71. The molecule has 2 aromatic heterocycles. The van der Waals surface area contributed by atoms with Crippen LogP contribution < -0.4 is 0 Å². The summed E-state index contributed by atoms with van der Waals surface area (Å²) in [5.74, 6) is 0. The highest BCUT2D eigenvalue weighted by Crippen LogP contribution is 2.37. The van der Waals surface area contributed by atoms with Crippen molar-refractivity contribution in [3.05, 3.63) is 30.1 Å². The SMILES string of the molecule is CC(C)(C)[Si](C)(C)OCc1cnc2[nH]ccc2c1. The van der Waals surface area contributed by atoms with Crippen molar-refractivity contribution < 1.29 is 4.43 Å². The summed E-state index contributed by atoms with van der Waals surface area (Å²) < 4.78 is 6.19. The van der Waals surface area contributed by atoms with Gasteiger partial charge < -0.3 is 9.41 Å². The molecule has 3 nitrogen and oxygen atoms in total. The van der Waals surface area contributed by atoms with Crippen LogP contribution in [0.5, 0.6) is 0 Å². The minimum absolute atomic E-state index is 0.249. The molecule has 0 unspecified atom stereocenters. The van der Waals surface area contributed by atoms with E-state index in [1.54, 1.807) is 0 Å². The number of rotatable bonds is 3. The smallest absolute Gasteiger partial charge is 0.192 e. The molecule has 2 aromatic rings. The zero-order valence-corrected chi connectivity index (χ0v) is 12.9. The number of nitrogens with zero attached hydrogens (tertiary/aromatic N) is 1. The van der Waals surface area contributed by atoms with Crippen LogP contribution in [0.4, 0.5) is 0 Å². The first-order valence-corrected chi connectivity index (χ1v) is 9.26. The minimum atomic E-state index is -1.67. The van der Waals surface area contributed by atoms with Gasteiger partial charge in [-0.15, -0.1) is 0 Å². The van der Waals surface area contributed by atoms with E-state index < -0.39 is 8.32 Å². The van der Waals surface area contributed by atoms with Gasteiger partial charge in [0.1, 0.15) is 5.65 Å². The molecule has 2 heterocycles. The molecule has 18 heavy (non-hydrogen) atoms. The first-order valence-electron chi connectivity index (χ1n) is 6.35. The number of hydrogen-bond acceptors (Lipinski definition) is 2. The van der Waals surface area contributed by atoms with E-state index in [1.807, 2.05) is 18.5 Å². The van der Waals surface area contributed by atoms with Crippen LogP contribution in [0.15, 0.2) is 24.5 Å². The van der Waals surface area contributed by atoms with Gasteiger partial charge in [-0.2, -0.15) is 0 Å². The Balaban J connectivity index is 2.10. The van der Waals surface area contributed by atoms with Gasteiger partial charge in [0, 0.05) is 17.8 Å². The zero-order valence-electron chi connectivity index (χ0n) is 11.9. The van der Waals surface area contributed by atoms with Gasteiger partial charge in [0.05, 0.1) is 6.61 Å². The highest BCUT2D eigenvalue weighted by molar-refractivity contribution is 6.74. The van der Waals surface area contributed by atoms with Crippen molar-refractivity contribution in [2.75, 3.05) is 0 Å². The van der Waals surface area contributed by atoms with Crippen molar-refractivity contribution in [2.24, 2.45) is 0 Å². The van der Waals surface area contributed by atoms with Gasteiger partial charge in [0.2, 0.25) is 0 Å². The molecule has 1 N–H and O–H groups in total.